The van der Waals surface area contributed by atoms with Crippen molar-refractivity contribution in [1.82, 2.24) is 19.9 Å². The third-order valence-electron chi connectivity index (χ3n) is 12.9. The summed E-state index contributed by atoms with van der Waals surface area (Å²) in [5.41, 5.74) is 12.5. The van der Waals surface area contributed by atoms with E-state index in [1.54, 1.807) is 0 Å². The molecule has 0 amide bonds. The van der Waals surface area contributed by atoms with Crippen molar-refractivity contribution in [3.05, 3.63) is 225 Å². The third kappa shape index (κ3) is 6.40. The molecule has 0 atom stereocenters. The van der Waals surface area contributed by atoms with Crippen LogP contribution in [0.3, 0.4) is 0 Å². The van der Waals surface area contributed by atoms with E-state index in [9.17, 15) is 0 Å². The molecular weight excluding hydrogens is 791 g/mol. The van der Waals surface area contributed by atoms with Gasteiger partial charge in [0.05, 0.1) is 27.9 Å². The fourth-order valence-corrected chi connectivity index (χ4v) is 9.63. The summed E-state index contributed by atoms with van der Waals surface area (Å²) in [7, 11) is 0. The molecule has 4 heterocycles. The molecule has 9 aromatic carbocycles. The summed E-state index contributed by atoms with van der Waals surface area (Å²) in [6.07, 6.45) is 5.58. The van der Waals surface area contributed by atoms with Crippen molar-refractivity contribution in [2.24, 2.45) is 0 Å². The topological polar surface area (TPSA) is 54.8 Å². The van der Waals surface area contributed by atoms with Gasteiger partial charge in [0.25, 0.3) is 0 Å². The molecule has 13 rings (SSSR count). The van der Waals surface area contributed by atoms with Gasteiger partial charge in [0.2, 0.25) is 0 Å². The fraction of sp³-hybridized carbons (Fsp3) is 0. The Morgan fingerprint density at radius 1 is 0.292 bits per heavy atom. The fourth-order valence-electron chi connectivity index (χ4n) is 9.63. The van der Waals surface area contributed by atoms with Crippen LogP contribution in [0.15, 0.2) is 225 Å². The number of aromatic nitrogens is 4. The van der Waals surface area contributed by atoms with Gasteiger partial charge in [-0.3, -0.25) is 9.97 Å². The lowest BCUT2D eigenvalue weighted by Crippen LogP contribution is -2.10. The molecule has 4 aromatic heterocycles. The van der Waals surface area contributed by atoms with Gasteiger partial charge in [-0.25, -0.2) is 9.97 Å². The molecule has 0 aliphatic rings. The van der Waals surface area contributed by atoms with Crippen LogP contribution in [0, 0.1) is 0 Å². The molecule has 13 aromatic rings. The maximum Gasteiger partial charge on any atom is 0.0717 e. The van der Waals surface area contributed by atoms with Gasteiger partial charge in [-0.1, -0.05) is 109 Å². The Bertz CT molecular complexity index is 3850. The van der Waals surface area contributed by atoms with Crippen molar-refractivity contribution in [3.8, 4) is 33.6 Å². The van der Waals surface area contributed by atoms with Gasteiger partial charge in [-0.05, 0) is 146 Å². The summed E-state index contributed by atoms with van der Waals surface area (Å²) in [6, 6.07) is 73.9. The molecule has 302 valence electrons. The first-order valence-corrected chi connectivity index (χ1v) is 21.9. The lowest BCUT2D eigenvalue weighted by Gasteiger charge is -2.26. The third-order valence-corrected chi connectivity index (χ3v) is 12.9. The van der Waals surface area contributed by atoms with Crippen LogP contribution in [0.4, 0.5) is 17.1 Å². The van der Waals surface area contributed by atoms with E-state index in [4.69, 9.17) is 9.97 Å². The van der Waals surface area contributed by atoms with Crippen molar-refractivity contribution in [1.29, 1.82) is 0 Å². The van der Waals surface area contributed by atoms with Crippen molar-refractivity contribution in [2.45, 2.75) is 0 Å². The van der Waals surface area contributed by atoms with E-state index in [-0.39, 0.29) is 0 Å². The highest BCUT2D eigenvalue weighted by Crippen LogP contribution is 2.40. The van der Waals surface area contributed by atoms with Gasteiger partial charge in [0.15, 0.2) is 0 Å². The standard InChI is InChI=1S/C60H37N5/c1-2-5-41-34-42(8-7-38(41)4-1)43-15-22-50-44(35-43)9-10-45-36-49(21-23-51(45)50)65(47-17-11-39(12-18-47)56-27-24-54-52-31-33-61-37-46(52)16-26-59(54)63-56)48-19-13-40(14-20-48)57-28-25-55-53-6-3-32-62-58(53)29-30-60(55)64-57/h1-37H. The predicted molar refractivity (Wildman–Crippen MR) is 271 cm³/mol. The molecule has 0 radical (unpaired) electrons. The number of anilines is 3. The van der Waals surface area contributed by atoms with Crippen LogP contribution in [-0.4, -0.2) is 19.9 Å². The average Bonchev–Trinajstić information content (AvgIpc) is 3.38. The molecule has 5 heteroatoms. The Hall–Kier alpha value is -8.80. The molecule has 0 bridgehead atoms. The van der Waals surface area contributed by atoms with Crippen LogP contribution in [0.25, 0.3) is 109 Å². The monoisotopic (exact) mass is 827 g/mol. The minimum absolute atomic E-state index is 0.928. The second kappa shape index (κ2) is 14.9. The van der Waals surface area contributed by atoms with Crippen LogP contribution in [0.2, 0.25) is 0 Å². The van der Waals surface area contributed by atoms with Crippen LogP contribution < -0.4 is 4.90 Å². The first kappa shape index (κ1) is 36.8. The number of benzene rings is 9. The molecule has 0 spiro atoms. The predicted octanol–water partition coefficient (Wildman–Crippen LogP) is 15.8. The van der Waals surface area contributed by atoms with Gasteiger partial charge in [-0.15, -0.1) is 0 Å². The number of hydrogen-bond acceptors (Lipinski definition) is 5. The Balaban J connectivity index is 0.882. The zero-order chi connectivity index (χ0) is 42.8. The number of hydrogen-bond donors (Lipinski definition) is 0. The average molecular weight is 828 g/mol. The highest BCUT2D eigenvalue weighted by Gasteiger charge is 2.16. The zero-order valence-corrected chi connectivity index (χ0v) is 35.1. The summed E-state index contributed by atoms with van der Waals surface area (Å²) >= 11 is 0. The zero-order valence-electron chi connectivity index (χ0n) is 35.1. The lowest BCUT2D eigenvalue weighted by atomic mass is 9.96. The van der Waals surface area contributed by atoms with Gasteiger partial charge in [0, 0.05) is 68.3 Å². The number of pyridine rings is 4. The Morgan fingerprint density at radius 2 is 0.800 bits per heavy atom. The van der Waals surface area contributed by atoms with Crippen LogP contribution >= 0.6 is 0 Å². The van der Waals surface area contributed by atoms with Crippen molar-refractivity contribution >= 4 is 92.9 Å². The van der Waals surface area contributed by atoms with Crippen LogP contribution in [0.1, 0.15) is 0 Å². The van der Waals surface area contributed by atoms with E-state index in [1.807, 2.05) is 30.7 Å². The van der Waals surface area contributed by atoms with E-state index in [1.165, 1.54) is 43.4 Å². The number of rotatable bonds is 6. The smallest absolute Gasteiger partial charge is 0.0717 e. The Kier molecular flexibility index (Phi) is 8.46. The quantitative estimate of drug-likeness (QED) is 0.156. The van der Waals surface area contributed by atoms with Crippen LogP contribution in [-0.2, 0) is 0 Å². The minimum atomic E-state index is 0.928. The Morgan fingerprint density at radius 3 is 1.54 bits per heavy atom. The summed E-state index contributed by atoms with van der Waals surface area (Å²) in [6.45, 7) is 0. The molecule has 0 saturated heterocycles. The minimum Gasteiger partial charge on any atom is -0.310 e. The molecule has 0 saturated carbocycles. The van der Waals surface area contributed by atoms with Gasteiger partial charge < -0.3 is 4.90 Å². The first-order chi connectivity index (χ1) is 32.2. The molecule has 0 aliphatic carbocycles. The van der Waals surface area contributed by atoms with E-state index >= 15 is 0 Å². The SMILES string of the molecule is c1ccc2cc(-c3ccc4c(ccc5cc(N(c6ccc(-c7ccc8c(ccc9cnccc98)n7)cc6)c6ccc(-c7ccc8c(ccc9ncccc98)n7)cc6)ccc54)c3)ccc2c1. The summed E-state index contributed by atoms with van der Waals surface area (Å²) in [5.74, 6) is 0. The molecule has 5 nitrogen and oxygen atoms in total. The maximum absolute atomic E-state index is 5.11. The second-order valence-corrected chi connectivity index (χ2v) is 16.7. The highest BCUT2D eigenvalue weighted by molar-refractivity contribution is 6.10. The second-order valence-electron chi connectivity index (χ2n) is 16.7. The van der Waals surface area contributed by atoms with Gasteiger partial charge >= 0.3 is 0 Å². The van der Waals surface area contributed by atoms with Crippen molar-refractivity contribution < 1.29 is 0 Å². The van der Waals surface area contributed by atoms with E-state index < -0.39 is 0 Å². The van der Waals surface area contributed by atoms with Crippen molar-refractivity contribution in [3.63, 3.8) is 0 Å². The molecule has 0 fully saturated rings. The Labute approximate surface area is 374 Å². The van der Waals surface area contributed by atoms with Crippen LogP contribution in [0.5, 0.6) is 0 Å². The first-order valence-electron chi connectivity index (χ1n) is 21.9. The van der Waals surface area contributed by atoms with Gasteiger partial charge in [-0.2, -0.15) is 0 Å². The van der Waals surface area contributed by atoms with E-state index in [0.29, 0.717) is 0 Å². The summed E-state index contributed by atoms with van der Waals surface area (Å²) in [5, 5.41) is 13.0. The normalized spacial score (nSPS) is 11.7. The molecular formula is C60H37N5. The molecule has 65 heavy (non-hydrogen) atoms. The van der Waals surface area contributed by atoms with E-state index in [0.717, 1.165) is 83.1 Å². The summed E-state index contributed by atoms with van der Waals surface area (Å²) in [4.78, 5) is 21.4. The molecule has 0 aliphatic heterocycles. The molecule has 0 unspecified atom stereocenters. The maximum atomic E-state index is 5.11. The van der Waals surface area contributed by atoms with Crippen molar-refractivity contribution in [2.75, 3.05) is 4.90 Å². The largest absolute Gasteiger partial charge is 0.310 e. The number of fused-ring (bicyclic) bond motifs is 10. The number of nitrogens with zero attached hydrogens (tertiary/aromatic N) is 5. The lowest BCUT2D eigenvalue weighted by molar-refractivity contribution is 1.28. The molecule has 0 N–H and O–H groups in total. The highest BCUT2D eigenvalue weighted by atomic mass is 15.1. The summed E-state index contributed by atoms with van der Waals surface area (Å²) < 4.78 is 0. The van der Waals surface area contributed by atoms with Gasteiger partial charge in [0.1, 0.15) is 0 Å². The van der Waals surface area contributed by atoms with E-state index in [2.05, 4.69) is 209 Å².